The number of nitrogens with one attached hydrogen (secondary N) is 1. The van der Waals surface area contributed by atoms with E-state index in [9.17, 15) is 4.79 Å². The number of hydrogen-bond acceptors (Lipinski definition) is 4. The summed E-state index contributed by atoms with van der Waals surface area (Å²) in [5, 5.41) is 19.3. The molecule has 6 nitrogen and oxygen atoms in total. The minimum atomic E-state index is -0.262. The normalized spacial score (nSPS) is 9.95. The number of anilines is 1. The molecule has 0 saturated heterocycles. The molecule has 2 aromatic rings. The number of amides is 1. The Labute approximate surface area is 114 Å². The summed E-state index contributed by atoms with van der Waals surface area (Å²) in [7, 11) is 0. The van der Waals surface area contributed by atoms with Crippen LogP contribution in [0, 0.1) is 18.3 Å². The van der Waals surface area contributed by atoms with Gasteiger partial charge in [-0.25, -0.2) is 0 Å². The Hall–Kier alpha value is -2.39. The van der Waals surface area contributed by atoms with Gasteiger partial charge in [0.2, 0.25) is 11.7 Å². The molecule has 0 unspecified atom stereocenters. The third kappa shape index (κ3) is 3.09. The molecule has 0 aliphatic rings. The lowest BCUT2D eigenvalue weighted by Gasteiger charge is -2.09. The van der Waals surface area contributed by atoms with Crippen LogP contribution in [-0.4, -0.2) is 20.7 Å². The maximum absolute atomic E-state index is 11.9. The van der Waals surface area contributed by atoms with Crippen LogP contribution >= 0.6 is 11.6 Å². The van der Waals surface area contributed by atoms with Crippen molar-refractivity contribution in [2.75, 3.05) is 5.32 Å². The molecule has 19 heavy (non-hydrogen) atoms. The highest BCUT2D eigenvalue weighted by Gasteiger charge is 2.09. The molecular formula is C12H10ClN5O. The molecule has 0 atom stereocenters. The lowest BCUT2D eigenvalue weighted by atomic mass is 10.2. The third-order valence-corrected chi connectivity index (χ3v) is 2.73. The summed E-state index contributed by atoms with van der Waals surface area (Å²) in [5.41, 5.74) is 1.55. The second kappa shape index (κ2) is 5.50. The van der Waals surface area contributed by atoms with Crippen LogP contribution in [0.25, 0.3) is 0 Å². The first kappa shape index (κ1) is 13.1. The van der Waals surface area contributed by atoms with Gasteiger partial charge in [0, 0.05) is 10.7 Å². The molecule has 1 amide bonds. The molecule has 0 saturated carbocycles. The fraction of sp³-hybridized carbons (Fsp3) is 0.167. The Morgan fingerprint density at radius 3 is 3.05 bits per heavy atom. The summed E-state index contributed by atoms with van der Waals surface area (Å²) >= 11 is 5.84. The summed E-state index contributed by atoms with van der Waals surface area (Å²) in [6.45, 7) is 1.83. The van der Waals surface area contributed by atoms with Gasteiger partial charge >= 0.3 is 0 Å². The molecule has 0 aliphatic heterocycles. The number of benzene rings is 1. The first-order chi connectivity index (χ1) is 9.10. The fourth-order valence-corrected chi connectivity index (χ4v) is 1.80. The first-order valence-electron chi connectivity index (χ1n) is 5.44. The van der Waals surface area contributed by atoms with Gasteiger partial charge in [0.25, 0.3) is 0 Å². The lowest BCUT2D eigenvalue weighted by Crippen LogP contribution is -2.19. The van der Waals surface area contributed by atoms with Gasteiger partial charge in [-0.05, 0) is 30.7 Å². The monoisotopic (exact) mass is 275 g/mol. The highest BCUT2D eigenvalue weighted by molar-refractivity contribution is 6.30. The molecule has 0 fully saturated rings. The van der Waals surface area contributed by atoms with Gasteiger partial charge < -0.3 is 5.32 Å². The van der Waals surface area contributed by atoms with Gasteiger partial charge in [0.05, 0.1) is 0 Å². The van der Waals surface area contributed by atoms with Gasteiger partial charge in [-0.15, -0.1) is 10.2 Å². The van der Waals surface area contributed by atoms with Crippen LogP contribution in [0.2, 0.25) is 5.02 Å². The second-order valence-corrected chi connectivity index (χ2v) is 4.34. The zero-order valence-corrected chi connectivity index (χ0v) is 10.8. The fourth-order valence-electron chi connectivity index (χ4n) is 1.57. The maximum atomic E-state index is 11.9. The van der Waals surface area contributed by atoms with Crippen molar-refractivity contribution in [3.05, 3.63) is 40.9 Å². The molecule has 0 radical (unpaired) electrons. The topological polar surface area (TPSA) is 83.6 Å². The number of hydrogen-bond donors (Lipinski definition) is 1. The zero-order chi connectivity index (χ0) is 13.8. The Balaban J connectivity index is 2.08. The smallest absolute Gasteiger partial charge is 0.244 e. The first-order valence-corrected chi connectivity index (χ1v) is 5.82. The van der Waals surface area contributed by atoms with E-state index in [1.54, 1.807) is 18.2 Å². The number of aryl methyl sites for hydroxylation is 1. The standard InChI is InChI=1S/C12H10ClN5O/c1-8-4-9(13)2-3-10(8)16-12(19)6-18-7-15-17-11(18)5-14/h2-4,7H,6H2,1H3,(H,16,19). The second-order valence-electron chi connectivity index (χ2n) is 3.90. The quantitative estimate of drug-likeness (QED) is 0.925. The summed E-state index contributed by atoms with van der Waals surface area (Å²) in [6, 6.07) is 7.04. The number of aromatic nitrogens is 3. The molecule has 1 aromatic heterocycles. The van der Waals surface area contributed by atoms with E-state index in [1.165, 1.54) is 10.9 Å². The molecule has 0 bridgehead atoms. The predicted octanol–water partition coefficient (Wildman–Crippen LogP) is 1.75. The lowest BCUT2D eigenvalue weighted by molar-refractivity contribution is -0.116. The van der Waals surface area contributed by atoms with E-state index in [0.717, 1.165) is 5.56 Å². The number of halogens is 1. The molecule has 0 aliphatic carbocycles. The largest absolute Gasteiger partial charge is 0.324 e. The summed E-state index contributed by atoms with van der Waals surface area (Å²) in [4.78, 5) is 11.9. The van der Waals surface area contributed by atoms with Gasteiger partial charge in [-0.2, -0.15) is 5.26 Å². The van der Waals surface area contributed by atoms with E-state index in [2.05, 4.69) is 15.5 Å². The molecule has 2 rings (SSSR count). The summed E-state index contributed by atoms with van der Waals surface area (Å²) in [6.07, 6.45) is 1.34. The Morgan fingerprint density at radius 1 is 1.58 bits per heavy atom. The van der Waals surface area contributed by atoms with Crippen molar-refractivity contribution >= 4 is 23.2 Å². The van der Waals surface area contributed by atoms with Gasteiger partial charge in [0.15, 0.2) is 0 Å². The SMILES string of the molecule is Cc1cc(Cl)ccc1NC(=O)Cn1cnnc1C#N. The highest BCUT2D eigenvalue weighted by atomic mass is 35.5. The van der Waals surface area contributed by atoms with Gasteiger partial charge in [-0.1, -0.05) is 11.6 Å². The van der Waals surface area contributed by atoms with Crippen LogP contribution < -0.4 is 5.32 Å². The molecule has 1 heterocycles. The number of nitrogens with zero attached hydrogens (tertiary/aromatic N) is 4. The third-order valence-electron chi connectivity index (χ3n) is 2.49. The van der Waals surface area contributed by atoms with Crippen molar-refractivity contribution in [1.29, 1.82) is 5.26 Å². The maximum Gasteiger partial charge on any atom is 0.244 e. The molecular weight excluding hydrogens is 266 g/mol. The summed E-state index contributed by atoms with van der Waals surface area (Å²) in [5.74, 6) is -0.162. The Kier molecular flexibility index (Phi) is 3.78. The molecule has 0 spiro atoms. The van der Waals surface area contributed by atoms with E-state index in [4.69, 9.17) is 16.9 Å². The average molecular weight is 276 g/mol. The number of carbonyl (C=O) groups excluding carboxylic acids is 1. The van der Waals surface area contributed by atoms with E-state index < -0.39 is 0 Å². The predicted molar refractivity (Wildman–Crippen MR) is 69.6 cm³/mol. The van der Waals surface area contributed by atoms with Crippen molar-refractivity contribution in [1.82, 2.24) is 14.8 Å². The van der Waals surface area contributed by atoms with Crippen molar-refractivity contribution in [3.8, 4) is 6.07 Å². The van der Waals surface area contributed by atoms with Crippen molar-refractivity contribution in [2.45, 2.75) is 13.5 Å². The van der Waals surface area contributed by atoms with Crippen molar-refractivity contribution in [2.24, 2.45) is 0 Å². The van der Waals surface area contributed by atoms with Gasteiger partial charge in [-0.3, -0.25) is 9.36 Å². The molecule has 1 aromatic carbocycles. The van der Waals surface area contributed by atoms with E-state index in [-0.39, 0.29) is 18.3 Å². The Morgan fingerprint density at radius 2 is 2.37 bits per heavy atom. The van der Waals surface area contributed by atoms with Crippen LogP contribution in [0.5, 0.6) is 0 Å². The number of nitriles is 1. The van der Waals surface area contributed by atoms with E-state index >= 15 is 0 Å². The zero-order valence-electron chi connectivity index (χ0n) is 10.1. The average Bonchev–Trinajstić information content (AvgIpc) is 2.80. The van der Waals surface area contributed by atoms with E-state index in [0.29, 0.717) is 10.7 Å². The van der Waals surface area contributed by atoms with Crippen molar-refractivity contribution in [3.63, 3.8) is 0 Å². The van der Waals surface area contributed by atoms with Crippen LogP contribution in [0.15, 0.2) is 24.5 Å². The summed E-state index contributed by atoms with van der Waals surface area (Å²) < 4.78 is 1.38. The molecule has 96 valence electrons. The van der Waals surface area contributed by atoms with Crippen LogP contribution in [-0.2, 0) is 11.3 Å². The molecule has 7 heteroatoms. The van der Waals surface area contributed by atoms with Crippen LogP contribution in [0.3, 0.4) is 0 Å². The minimum Gasteiger partial charge on any atom is -0.324 e. The van der Waals surface area contributed by atoms with E-state index in [1.807, 2.05) is 13.0 Å². The highest BCUT2D eigenvalue weighted by Crippen LogP contribution is 2.19. The van der Waals surface area contributed by atoms with Crippen LogP contribution in [0.1, 0.15) is 11.4 Å². The minimum absolute atomic E-state index is 0.0159. The van der Waals surface area contributed by atoms with Crippen molar-refractivity contribution < 1.29 is 4.79 Å². The Bertz CT molecular complexity index is 658. The number of rotatable bonds is 3. The van der Waals surface area contributed by atoms with Crippen LogP contribution in [0.4, 0.5) is 5.69 Å². The number of carbonyl (C=O) groups is 1. The molecule has 1 N–H and O–H groups in total. The van der Waals surface area contributed by atoms with Gasteiger partial charge in [0.1, 0.15) is 18.9 Å².